The Labute approximate surface area is 111 Å². The monoisotopic (exact) mass is 253 g/mol. The van der Waals surface area contributed by atoms with Crippen LogP contribution in [0.5, 0.6) is 0 Å². The molecule has 1 amide bonds. The number of hydrogen-bond donors (Lipinski definition) is 1. The Morgan fingerprint density at radius 2 is 1.67 bits per heavy atom. The van der Waals surface area contributed by atoms with Crippen molar-refractivity contribution in [2.75, 3.05) is 20.2 Å². The number of aliphatic hydroxyl groups excluding tert-OH is 1. The van der Waals surface area contributed by atoms with Gasteiger partial charge >= 0.3 is 0 Å². The third kappa shape index (κ3) is 3.47. The summed E-state index contributed by atoms with van der Waals surface area (Å²) in [5.74, 6) is 1.75. The predicted molar refractivity (Wildman–Crippen MR) is 72.1 cm³/mol. The molecule has 1 N–H and O–H groups in total. The topological polar surface area (TPSA) is 40.5 Å². The van der Waals surface area contributed by atoms with Crippen LogP contribution in [0, 0.1) is 17.8 Å². The molecule has 0 aromatic carbocycles. The van der Waals surface area contributed by atoms with Crippen molar-refractivity contribution in [1.29, 1.82) is 0 Å². The van der Waals surface area contributed by atoms with Crippen molar-refractivity contribution in [2.24, 2.45) is 17.8 Å². The third-order valence-electron chi connectivity index (χ3n) is 4.84. The molecule has 3 nitrogen and oxygen atoms in total. The average molecular weight is 253 g/mol. The summed E-state index contributed by atoms with van der Waals surface area (Å²) in [5, 5.41) is 9.12. The Hall–Kier alpha value is -0.570. The van der Waals surface area contributed by atoms with Gasteiger partial charge in [0.1, 0.15) is 0 Å². The predicted octanol–water partition coefficient (Wildman–Crippen LogP) is 2.43. The van der Waals surface area contributed by atoms with Crippen molar-refractivity contribution in [3.63, 3.8) is 0 Å². The zero-order chi connectivity index (χ0) is 13.0. The zero-order valence-corrected chi connectivity index (χ0v) is 11.6. The highest BCUT2D eigenvalue weighted by atomic mass is 16.3. The molecule has 0 aliphatic heterocycles. The summed E-state index contributed by atoms with van der Waals surface area (Å²) in [4.78, 5) is 14.3. The summed E-state index contributed by atoms with van der Waals surface area (Å²) < 4.78 is 0. The molecule has 2 aliphatic rings. The molecule has 2 aliphatic carbocycles. The first-order chi connectivity index (χ1) is 8.70. The van der Waals surface area contributed by atoms with Crippen LogP contribution in [-0.2, 0) is 4.79 Å². The third-order valence-corrected chi connectivity index (χ3v) is 4.84. The van der Waals surface area contributed by atoms with Crippen LogP contribution < -0.4 is 0 Å². The molecule has 2 rings (SSSR count). The lowest BCUT2D eigenvalue weighted by Gasteiger charge is -2.30. The molecule has 2 fully saturated rings. The molecule has 104 valence electrons. The van der Waals surface area contributed by atoms with Crippen LogP contribution in [0.3, 0.4) is 0 Å². The molecule has 0 unspecified atom stereocenters. The quantitative estimate of drug-likeness (QED) is 0.836. The Kier molecular flexibility index (Phi) is 5.04. The molecule has 0 aromatic rings. The van der Waals surface area contributed by atoms with E-state index in [0.29, 0.717) is 18.4 Å². The lowest BCUT2D eigenvalue weighted by molar-refractivity contribution is -0.136. The van der Waals surface area contributed by atoms with Crippen LogP contribution in [0.1, 0.15) is 51.4 Å². The first kappa shape index (κ1) is 13.9. The van der Waals surface area contributed by atoms with E-state index in [1.807, 2.05) is 11.9 Å². The van der Waals surface area contributed by atoms with Gasteiger partial charge in [0.25, 0.3) is 0 Å². The van der Waals surface area contributed by atoms with Gasteiger partial charge in [-0.25, -0.2) is 0 Å². The Balaban J connectivity index is 1.76. The van der Waals surface area contributed by atoms with Crippen molar-refractivity contribution in [1.82, 2.24) is 4.90 Å². The van der Waals surface area contributed by atoms with Gasteiger partial charge in [-0.3, -0.25) is 4.79 Å². The van der Waals surface area contributed by atoms with E-state index < -0.39 is 0 Å². The SMILES string of the molecule is CN(CC1CCCC1)C(=O)C1CCC(CO)CC1. The zero-order valence-electron chi connectivity index (χ0n) is 11.6. The van der Waals surface area contributed by atoms with Crippen molar-refractivity contribution in [2.45, 2.75) is 51.4 Å². The normalized spacial score (nSPS) is 29.4. The van der Waals surface area contributed by atoms with Gasteiger partial charge < -0.3 is 10.0 Å². The highest BCUT2D eigenvalue weighted by Gasteiger charge is 2.29. The molecule has 0 aromatic heterocycles. The van der Waals surface area contributed by atoms with Crippen LogP contribution in [0.4, 0.5) is 0 Å². The van der Waals surface area contributed by atoms with E-state index >= 15 is 0 Å². The molecule has 18 heavy (non-hydrogen) atoms. The molecule has 0 spiro atoms. The highest BCUT2D eigenvalue weighted by Crippen LogP contribution is 2.30. The summed E-state index contributed by atoms with van der Waals surface area (Å²) in [7, 11) is 1.97. The van der Waals surface area contributed by atoms with Crippen molar-refractivity contribution in [3.8, 4) is 0 Å². The van der Waals surface area contributed by atoms with E-state index in [4.69, 9.17) is 5.11 Å². The number of amides is 1. The van der Waals surface area contributed by atoms with Crippen molar-refractivity contribution in [3.05, 3.63) is 0 Å². The van der Waals surface area contributed by atoms with Gasteiger partial charge in [-0.1, -0.05) is 12.8 Å². The van der Waals surface area contributed by atoms with Crippen LogP contribution in [0.2, 0.25) is 0 Å². The number of rotatable bonds is 4. The maximum Gasteiger partial charge on any atom is 0.225 e. The molecule has 3 heteroatoms. The Morgan fingerprint density at radius 3 is 2.22 bits per heavy atom. The van der Waals surface area contributed by atoms with Crippen molar-refractivity contribution >= 4 is 5.91 Å². The lowest BCUT2D eigenvalue weighted by Crippen LogP contribution is -2.37. The Bertz CT molecular complexity index is 266. The van der Waals surface area contributed by atoms with Crippen LogP contribution >= 0.6 is 0 Å². The maximum atomic E-state index is 12.3. The number of carbonyl (C=O) groups excluding carboxylic acids is 1. The fraction of sp³-hybridized carbons (Fsp3) is 0.933. The molecular formula is C15H27NO2. The van der Waals surface area contributed by atoms with Gasteiger partial charge in [-0.05, 0) is 50.4 Å². The van der Waals surface area contributed by atoms with Crippen LogP contribution in [-0.4, -0.2) is 36.1 Å². The summed E-state index contributed by atoms with van der Waals surface area (Å²) in [6.45, 7) is 1.25. The van der Waals surface area contributed by atoms with Crippen LogP contribution in [0.15, 0.2) is 0 Å². The van der Waals surface area contributed by atoms with Gasteiger partial charge in [-0.15, -0.1) is 0 Å². The van der Waals surface area contributed by atoms with Crippen molar-refractivity contribution < 1.29 is 9.90 Å². The number of aliphatic hydroxyl groups is 1. The van der Waals surface area contributed by atoms with Gasteiger partial charge in [0.05, 0.1) is 0 Å². The standard InChI is InChI=1S/C15H27NO2/c1-16(10-12-4-2-3-5-12)15(18)14-8-6-13(11-17)7-9-14/h12-14,17H,2-11H2,1H3. The number of hydrogen-bond acceptors (Lipinski definition) is 2. The second kappa shape index (κ2) is 6.55. The summed E-state index contributed by atoms with van der Waals surface area (Å²) >= 11 is 0. The maximum absolute atomic E-state index is 12.3. The average Bonchev–Trinajstić information content (AvgIpc) is 2.91. The van der Waals surface area contributed by atoms with E-state index in [2.05, 4.69) is 0 Å². The molecule has 0 saturated heterocycles. The second-order valence-electron chi connectivity index (χ2n) is 6.27. The van der Waals surface area contributed by atoms with Gasteiger partial charge in [-0.2, -0.15) is 0 Å². The minimum Gasteiger partial charge on any atom is -0.396 e. The van der Waals surface area contributed by atoms with Gasteiger partial charge in [0.15, 0.2) is 0 Å². The van der Waals surface area contributed by atoms with Crippen LogP contribution in [0.25, 0.3) is 0 Å². The molecule has 0 heterocycles. The molecule has 0 radical (unpaired) electrons. The minimum absolute atomic E-state index is 0.221. The van der Waals surface area contributed by atoms with E-state index in [9.17, 15) is 4.79 Å². The smallest absolute Gasteiger partial charge is 0.225 e. The first-order valence-corrected chi connectivity index (χ1v) is 7.56. The van der Waals surface area contributed by atoms with E-state index in [1.165, 1.54) is 25.7 Å². The molecule has 0 bridgehead atoms. The molecule has 0 atom stereocenters. The fourth-order valence-corrected chi connectivity index (χ4v) is 3.57. The highest BCUT2D eigenvalue weighted by molar-refractivity contribution is 5.78. The summed E-state index contributed by atoms with van der Waals surface area (Å²) in [6, 6.07) is 0. The fourth-order valence-electron chi connectivity index (χ4n) is 3.57. The van der Waals surface area contributed by atoms with E-state index in [-0.39, 0.29) is 5.92 Å². The molecular weight excluding hydrogens is 226 g/mol. The largest absolute Gasteiger partial charge is 0.396 e. The van der Waals surface area contributed by atoms with Gasteiger partial charge in [0.2, 0.25) is 5.91 Å². The number of nitrogens with zero attached hydrogens (tertiary/aromatic N) is 1. The lowest BCUT2D eigenvalue weighted by atomic mass is 9.81. The Morgan fingerprint density at radius 1 is 1.06 bits per heavy atom. The van der Waals surface area contributed by atoms with E-state index in [1.54, 1.807) is 0 Å². The summed E-state index contributed by atoms with van der Waals surface area (Å²) in [6.07, 6.45) is 9.26. The van der Waals surface area contributed by atoms with Gasteiger partial charge in [0, 0.05) is 26.1 Å². The summed E-state index contributed by atoms with van der Waals surface area (Å²) in [5.41, 5.74) is 0. The van der Waals surface area contributed by atoms with E-state index in [0.717, 1.165) is 38.1 Å². The minimum atomic E-state index is 0.221. The first-order valence-electron chi connectivity index (χ1n) is 7.56. The molecule has 2 saturated carbocycles. The second-order valence-corrected chi connectivity index (χ2v) is 6.27. The number of carbonyl (C=O) groups is 1.